The maximum atomic E-state index is 14.7. The van der Waals surface area contributed by atoms with Gasteiger partial charge in [0.1, 0.15) is 5.82 Å². The first-order valence-corrected chi connectivity index (χ1v) is 11.6. The third kappa shape index (κ3) is 4.91. The van der Waals surface area contributed by atoms with Crippen LogP contribution in [-0.4, -0.2) is 30.7 Å². The van der Waals surface area contributed by atoms with Gasteiger partial charge in [-0.2, -0.15) is 0 Å². The highest BCUT2D eigenvalue weighted by atomic mass is 19.1. The van der Waals surface area contributed by atoms with E-state index in [1.54, 1.807) is 49.5 Å². The number of carbonyl (C=O) groups is 2. The van der Waals surface area contributed by atoms with E-state index in [-0.39, 0.29) is 5.56 Å². The Hall–Kier alpha value is -3.80. The molecule has 0 aromatic heterocycles. The molecular weight excluding hydrogens is 429 g/mol. The van der Waals surface area contributed by atoms with Gasteiger partial charge in [-0.05, 0) is 48.7 Å². The van der Waals surface area contributed by atoms with Crippen LogP contribution in [0.3, 0.4) is 0 Å². The van der Waals surface area contributed by atoms with E-state index in [2.05, 4.69) is 17.2 Å². The molecule has 5 nitrogen and oxygen atoms in total. The summed E-state index contributed by atoms with van der Waals surface area (Å²) in [7, 11) is 1.63. The van der Waals surface area contributed by atoms with Crippen molar-refractivity contribution in [2.24, 2.45) is 4.99 Å². The Bertz CT molecular complexity index is 1220. The van der Waals surface area contributed by atoms with Crippen molar-refractivity contribution in [3.63, 3.8) is 0 Å². The van der Waals surface area contributed by atoms with Gasteiger partial charge in [-0.25, -0.2) is 9.38 Å². The largest absolute Gasteiger partial charge is 0.322 e. The first-order valence-electron chi connectivity index (χ1n) is 11.6. The summed E-state index contributed by atoms with van der Waals surface area (Å²) >= 11 is 0. The van der Waals surface area contributed by atoms with E-state index in [9.17, 15) is 14.0 Å². The number of rotatable bonds is 7. The second-order valence-electron chi connectivity index (χ2n) is 8.40. The van der Waals surface area contributed by atoms with Gasteiger partial charge in [-0.15, -0.1) is 0 Å². The average molecular weight is 458 g/mol. The molecular formula is C28H28FN3O2. The van der Waals surface area contributed by atoms with Crippen molar-refractivity contribution >= 4 is 23.2 Å². The van der Waals surface area contributed by atoms with E-state index in [0.29, 0.717) is 22.5 Å². The summed E-state index contributed by atoms with van der Waals surface area (Å²) in [5.74, 6) is -1.26. The van der Waals surface area contributed by atoms with Gasteiger partial charge in [0.15, 0.2) is 0 Å². The lowest BCUT2D eigenvalue weighted by Gasteiger charge is -2.21. The predicted molar refractivity (Wildman–Crippen MR) is 133 cm³/mol. The van der Waals surface area contributed by atoms with Gasteiger partial charge in [-0.3, -0.25) is 9.59 Å². The van der Waals surface area contributed by atoms with Crippen LogP contribution in [0, 0.1) is 5.82 Å². The molecule has 0 aliphatic carbocycles. The fourth-order valence-electron chi connectivity index (χ4n) is 4.09. The van der Waals surface area contributed by atoms with Crippen molar-refractivity contribution in [3.05, 3.63) is 101 Å². The summed E-state index contributed by atoms with van der Waals surface area (Å²) in [6.07, 6.45) is 3.21. The Morgan fingerprint density at radius 1 is 0.971 bits per heavy atom. The second-order valence-corrected chi connectivity index (χ2v) is 8.40. The number of halogens is 1. The minimum Gasteiger partial charge on any atom is -0.322 e. The second kappa shape index (κ2) is 10.4. The number of likely N-dealkylation sites (N-methyl/N-ethyl adjacent to an activating group) is 1. The smallest absolute Gasteiger partial charge is 0.272 e. The highest BCUT2D eigenvalue weighted by Crippen LogP contribution is 2.28. The molecule has 1 N–H and O–H groups in total. The number of carbonyl (C=O) groups excluding carboxylic acids is 2. The molecule has 0 saturated heterocycles. The van der Waals surface area contributed by atoms with Gasteiger partial charge in [0.05, 0.1) is 11.4 Å². The lowest BCUT2D eigenvalue weighted by molar-refractivity contribution is -0.119. The summed E-state index contributed by atoms with van der Waals surface area (Å²) < 4.78 is 14.7. The number of nitrogens with one attached hydrogen (secondary N) is 1. The normalized spacial score (nSPS) is 15.4. The van der Waals surface area contributed by atoms with Crippen molar-refractivity contribution in [1.29, 1.82) is 0 Å². The molecule has 3 aromatic rings. The van der Waals surface area contributed by atoms with Crippen molar-refractivity contribution in [1.82, 2.24) is 5.32 Å². The van der Waals surface area contributed by atoms with Crippen molar-refractivity contribution in [3.8, 4) is 0 Å². The highest BCUT2D eigenvalue weighted by molar-refractivity contribution is 6.20. The van der Waals surface area contributed by atoms with Crippen molar-refractivity contribution in [2.45, 2.75) is 38.8 Å². The third-order valence-electron chi connectivity index (χ3n) is 6.03. The number of anilines is 1. The van der Waals surface area contributed by atoms with Crippen LogP contribution in [0.15, 0.2) is 77.8 Å². The zero-order valence-corrected chi connectivity index (χ0v) is 19.4. The first kappa shape index (κ1) is 23.4. The van der Waals surface area contributed by atoms with Gasteiger partial charge in [0.2, 0.25) is 6.17 Å². The fourth-order valence-corrected chi connectivity index (χ4v) is 4.09. The fraction of sp³-hybridized carbons (Fsp3) is 0.250. The van der Waals surface area contributed by atoms with Gasteiger partial charge < -0.3 is 10.2 Å². The van der Waals surface area contributed by atoms with E-state index < -0.39 is 23.8 Å². The molecule has 0 bridgehead atoms. The predicted octanol–water partition coefficient (Wildman–Crippen LogP) is 5.13. The molecule has 3 aromatic carbocycles. The quantitative estimate of drug-likeness (QED) is 0.500. The molecule has 174 valence electrons. The molecule has 0 spiro atoms. The number of fused-ring (bicyclic) bond motifs is 1. The number of benzene rings is 3. The lowest BCUT2D eigenvalue weighted by atomic mass is 10.00. The Balaban J connectivity index is 1.65. The molecule has 0 radical (unpaired) electrons. The monoisotopic (exact) mass is 457 g/mol. The molecule has 1 heterocycles. The van der Waals surface area contributed by atoms with E-state index in [1.807, 2.05) is 24.3 Å². The molecule has 1 unspecified atom stereocenters. The number of aliphatic imine (C=N–C) groups is 1. The third-order valence-corrected chi connectivity index (χ3v) is 6.03. The molecule has 0 fully saturated rings. The number of hydrogen-bond donors (Lipinski definition) is 1. The Kier molecular flexibility index (Phi) is 7.16. The van der Waals surface area contributed by atoms with Crippen LogP contribution in [0.2, 0.25) is 0 Å². The van der Waals surface area contributed by atoms with Crippen molar-refractivity contribution < 1.29 is 14.0 Å². The molecule has 1 atom stereocenters. The van der Waals surface area contributed by atoms with E-state index in [0.717, 1.165) is 19.3 Å². The minimum absolute atomic E-state index is 0.272. The number of amides is 2. The summed E-state index contributed by atoms with van der Waals surface area (Å²) in [5.41, 5.74) is 3.43. The maximum absolute atomic E-state index is 14.7. The number of hydrogen-bond acceptors (Lipinski definition) is 3. The average Bonchev–Trinajstić information content (AvgIpc) is 2.96. The number of aryl methyl sites for hydroxylation is 1. The number of unbranched alkanes of at least 4 members (excludes halogenated alkanes) is 2. The van der Waals surface area contributed by atoms with E-state index in [4.69, 9.17) is 0 Å². The number of benzodiazepines with no additional fused rings is 1. The molecule has 1 aliphatic heterocycles. The molecule has 4 rings (SSSR count). The molecule has 1 aliphatic rings. The summed E-state index contributed by atoms with van der Waals surface area (Å²) in [6, 6.07) is 20.9. The summed E-state index contributed by atoms with van der Waals surface area (Å²) in [5, 5.41) is 2.74. The van der Waals surface area contributed by atoms with Crippen LogP contribution in [-0.2, 0) is 11.2 Å². The van der Waals surface area contributed by atoms with Gasteiger partial charge >= 0.3 is 0 Å². The van der Waals surface area contributed by atoms with E-state index >= 15 is 0 Å². The highest BCUT2D eigenvalue weighted by Gasteiger charge is 2.31. The number of nitrogens with zero attached hydrogens (tertiary/aromatic N) is 2. The van der Waals surface area contributed by atoms with Gasteiger partial charge in [-0.1, -0.05) is 62.2 Å². The van der Waals surface area contributed by atoms with E-state index in [1.165, 1.54) is 23.0 Å². The van der Waals surface area contributed by atoms with Crippen LogP contribution < -0.4 is 10.2 Å². The SMILES string of the molecule is CCCCCc1ccc(C(=O)NC2N=C(c3ccccc3F)c3ccccc3N(C)C2=O)cc1. The molecule has 6 heteroatoms. The minimum atomic E-state index is -1.19. The Morgan fingerprint density at radius 3 is 2.35 bits per heavy atom. The van der Waals surface area contributed by atoms with Gasteiger partial charge in [0.25, 0.3) is 11.8 Å². The summed E-state index contributed by atoms with van der Waals surface area (Å²) in [4.78, 5) is 32.3. The number of para-hydroxylation sites is 1. The zero-order valence-electron chi connectivity index (χ0n) is 19.4. The Labute approximate surface area is 199 Å². The topological polar surface area (TPSA) is 61.8 Å². The molecule has 2 amide bonds. The Morgan fingerprint density at radius 2 is 1.65 bits per heavy atom. The van der Waals surface area contributed by atoms with Crippen LogP contribution in [0.25, 0.3) is 0 Å². The maximum Gasteiger partial charge on any atom is 0.272 e. The van der Waals surface area contributed by atoms with Crippen molar-refractivity contribution in [2.75, 3.05) is 11.9 Å². The molecule has 0 saturated carbocycles. The van der Waals surface area contributed by atoms with Gasteiger partial charge in [0, 0.05) is 23.7 Å². The van der Waals surface area contributed by atoms with Crippen LogP contribution in [0.1, 0.15) is 53.2 Å². The molecule has 34 heavy (non-hydrogen) atoms. The van der Waals surface area contributed by atoms with Crippen LogP contribution in [0.5, 0.6) is 0 Å². The summed E-state index contributed by atoms with van der Waals surface area (Å²) in [6.45, 7) is 2.16. The lowest BCUT2D eigenvalue weighted by Crippen LogP contribution is -2.46. The zero-order chi connectivity index (χ0) is 24.1. The van der Waals surface area contributed by atoms with Crippen LogP contribution in [0.4, 0.5) is 10.1 Å². The van der Waals surface area contributed by atoms with Crippen LogP contribution >= 0.6 is 0 Å². The standard InChI is InChI=1S/C28H28FN3O2/c1-3-4-5-10-19-15-17-20(18-16-19)27(33)31-26-28(34)32(2)24-14-9-7-12-22(24)25(30-26)21-11-6-8-13-23(21)29/h6-9,11-18,26H,3-5,10H2,1-2H3,(H,31,33). The first-order chi connectivity index (χ1) is 16.5.